The molecule has 78 valence electrons. The van der Waals surface area contributed by atoms with Gasteiger partial charge in [-0.25, -0.2) is 0 Å². The van der Waals surface area contributed by atoms with Gasteiger partial charge in [0.15, 0.2) is 0 Å². The first kappa shape index (κ1) is 11.1. The molecule has 0 aliphatic carbocycles. The molecule has 0 bridgehead atoms. The van der Waals surface area contributed by atoms with Crippen molar-refractivity contribution in [1.29, 1.82) is 5.26 Å². The number of nitriles is 1. The highest BCUT2D eigenvalue weighted by Gasteiger charge is 2.06. The minimum absolute atomic E-state index is 0.0524. The van der Waals surface area contributed by atoms with Crippen molar-refractivity contribution in [3.63, 3.8) is 0 Å². The zero-order chi connectivity index (χ0) is 11.3. The van der Waals surface area contributed by atoms with E-state index < -0.39 is 5.97 Å². The van der Waals surface area contributed by atoms with E-state index in [1.165, 1.54) is 0 Å². The summed E-state index contributed by atoms with van der Waals surface area (Å²) in [7, 11) is 0. The Hall–Kier alpha value is -2.02. The van der Waals surface area contributed by atoms with E-state index in [1.54, 1.807) is 31.2 Å². The zero-order valence-electron chi connectivity index (χ0n) is 8.40. The maximum absolute atomic E-state index is 10.4. The molecule has 0 amide bonds. The predicted molar refractivity (Wildman–Crippen MR) is 56.5 cm³/mol. The molecule has 0 radical (unpaired) electrons. The summed E-state index contributed by atoms with van der Waals surface area (Å²) in [5.41, 5.74) is 1.32. The minimum atomic E-state index is -0.841. The number of carboxylic acids is 1. The van der Waals surface area contributed by atoms with Gasteiger partial charge in [0.2, 0.25) is 0 Å². The third-order valence-corrected chi connectivity index (χ3v) is 1.89. The van der Waals surface area contributed by atoms with E-state index in [0.717, 1.165) is 5.69 Å². The predicted octanol–water partition coefficient (Wildman–Crippen LogP) is 1.83. The number of benzene rings is 1. The molecule has 1 aromatic carbocycles. The Labute approximate surface area is 88.2 Å². The number of nitrogens with one attached hydrogen (secondary N) is 1. The van der Waals surface area contributed by atoms with Gasteiger partial charge in [-0.15, -0.1) is 0 Å². The van der Waals surface area contributed by atoms with Crippen molar-refractivity contribution in [2.24, 2.45) is 0 Å². The lowest BCUT2D eigenvalue weighted by Gasteiger charge is -2.12. The van der Waals surface area contributed by atoms with Crippen molar-refractivity contribution in [2.45, 2.75) is 19.4 Å². The van der Waals surface area contributed by atoms with Gasteiger partial charge in [-0.2, -0.15) is 5.26 Å². The van der Waals surface area contributed by atoms with E-state index in [0.29, 0.717) is 5.56 Å². The van der Waals surface area contributed by atoms with Gasteiger partial charge in [0.25, 0.3) is 0 Å². The van der Waals surface area contributed by atoms with Crippen LogP contribution in [-0.2, 0) is 4.79 Å². The average molecular weight is 204 g/mol. The van der Waals surface area contributed by atoms with Crippen LogP contribution in [0.25, 0.3) is 0 Å². The Balaban J connectivity index is 2.64. The molecule has 0 aliphatic rings. The lowest BCUT2D eigenvalue weighted by Crippen LogP contribution is -2.19. The van der Waals surface area contributed by atoms with Crippen molar-refractivity contribution < 1.29 is 9.90 Å². The van der Waals surface area contributed by atoms with Crippen LogP contribution in [0.2, 0.25) is 0 Å². The molecular formula is C11H12N2O2. The molecule has 0 saturated carbocycles. The standard InChI is InChI=1S/C11H12N2O2/c1-8(5-11(14)15)13-10-4-2-3-9(6-10)7-12/h2-4,6,8,13H,5H2,1H3,(H,14,15). The fourth-order valence-electron chi connectivity index (χ4n) is 1.28. The average Bonchev–Trinajstić information content (AvgIpc) is 2.16. The molecule has 1 rings (SSSR count). The quantitative estimate of drug-likeness (QED) is 0.784. The largest absolute Gasteiger partial charge is 0.481 e. The molecule has 0 fully saturated rings. The molecule has 1 aromatic rings. The lowest BCUT2D eigenvalue weighted by molar-refractivity contribution is -0.137. The van der Waals surface area contributed by atoms with Gasteiger partial charge in [0, 0.05) is 11.7 Å². The Morgan fingerprint density at radius 2 is 2.40 bits per heavy atom. The molecule has 4 heteroatoms. The van der Waals surface area contributed by atoms with E-state index in [4.69, 9.17) is 10.4 Å². The molecule has 1 atom stereocenters. The number of nitrogens with zero attached hydrogens (tertiary/aromatic N) is 1. The maximum Gasteiger partial charge on any atom is 0.305 e. The zero-order valence-corrected chi connectivity index (χ0v) is 8.40. The smallest absolute Gasteiger partial charge is 0.305 e. The maximum atomic E-state index is 10.4. The van der Waals surface area contributed by atoms with Gasteiger partial charge in [-0.3, -0.25) is 4.79 Å². The third kappa shape index (κ3) is 3.69. The molecule has 0 spiro atoms. The number of aliphatic carboxylic acids is 1. The molecule has 0 saturated heterocycles. The SMILES string of the molecule is CC(CC(=O)O)Nc1cccc(C#N)c1. The van der Waals surface area contributed by atoms with Gasteiger partial charge < -0.3 is 10.4 Å². The number of carbonyl (C=O) groups is 1. The highest BCUT2D eigenvalue weighted by atomic mass is 16.4. The fourth-order valence-corrected chi connectivity index (χ4v) is 1.28. The van der Waals surface area contributed by atoms with Crippen LogP contribution in [0, 0.1) is 11.3 Å². The second-order valence-corrected chi connectivity index (χ2v) is 3.34. The highest BCUT2D eigenvalue weighted by molar-refractivity contribution is 5.68. The first-order chi connectivity index (χ1) is 7.11. The summed E-state index contributed by atoms with van der Waals surface area (Å²) in [5, 5.41) is 20.3. The minimum Gasteiger partial charge on any atom is -0.481 e. The summed E-state index contributed by atoms with van der Waals surface area (Å²) >= 11 is 0. The van der Waals surface area contributed by atoms with E-state index in [2.05, 4.69) is 5.32 Å². The first-order valence-corrected chi connectivity index (χ1v) is 4.60. The summed E-state index contributed by atoms with van der Waals surface area (Å²) in [6, 6.07) is 8.83. The normalized spacial score (nSPS) is 11.5. The van der Waals surface area contributed by atoms with Gasteiger partial charge in [0.1, 0.15) is 0 Å². The van der Waals surface area contributed by atoms with Gasteiger partial charge >= 0.3 is 5.97 Å². The Bertz CT molecular complexity index is 396. The van der Waals surface area contributed by atoms with Gasteiger partial charge in [0.05, 0.1) is 18.1 Å². The Kier molecular flexibility index (Phi) is 3.69. The van der Waals surface area contributed by atoms with Crippen molar-refractivity contribution >= 4 is 11.7 Å². The Morgan fingerprint density at radius 3 is 3.00 bits per heavy atom. The van der Waals surface area contributed by atoms with Crippen LogP contribution in [0.15, 0.2) is 24.3 Å². The number of hydrogen-bond acceptors (Lipinski definition) is 3. The van der Waals surface area contributed by atoms with E-state index in [-0.39, 0.29) is 12.5 Å². The van der Waals surface area contributed by atoms with Crippen molar-refractivity contribution in [1.82, 2.24) is 0 Å². The second-order valence-electron chi connectivity index (χ2n) is 3.34. The summed E-state index contributed by atoms with van der Waals surface area (Å²) in [5.74, 6) is -0.841. The number of rotatable bonds is 4. The van der Waals surface area contributed by atoms with Crippen molar-refractivity contribution in [2.75, 3.05) is 5.32 Å². The van der Waals surface area contributed by atoms with Crippen LogP contribution in [0.1, 0.15) is 18.9 Å². The number of carboxylic acid groups (broad SMARTS) is 1. The molecule has 0 heterocycles. The third-order valence-electron chi connectivity index (χ3n) is 1.89. The van der Waals surface area contributed by atoms with Crippen LogP contribution in [0.5, 0.6) is 0 Å². The van der Waals surface area contributed by atoms with E-state index in [1.807, 2.05) is 6.07 Å². The molecule has 0 aromatic heterocycles. The fraction of sp³-hybridized carbons (Fsp3) is 0.273. The summed E-state index contributed by atoms with van der Waals surface area (Å²) in [4.78, 5) is 10.4. The van der Waals surface area contributed by atoms with Crippen LogP contribution >= 0.6 is 0 Å². The van der Waals surface area contributed by atoms with Crippen molar-refractivity contribution in [3.8, 4) is 6.07 Å². The first-order valence-electron chi connectivity index (χ1n) is 4.60. The summed E-state index contributed by atoms with van der Waals surface area (Å²) < 4.78 is 0. The van der Waals surface area contributed by atoms with E-state index in [9.17, 15) is 4.79 Å². The van der Waals surface area contributed by atoms with Crippen molar-refractivity contribution in [3.05, 3.63) is 29.8 Å². The molecule has 2 N–H and O–H groups in total. The van der Waals surface area contributed by atoms with Crippen LogP contribution in [0.3, 0.4) is 0 Å². The highest BCUT2D eigenvalue weighted by Crippen LogP contribution is 2.11. The molecule has 4 nitrogen and oxygen atoms in total. The van der Waals surface area contributed by atoms with Crippen LogP contribution in [-0.4, -0.2) is 17.1 Å². The topological polar surface area (TPSA) is 73.1 Å². The molecule has 0 aliphatic heterocycles. The Morgan fingerprint density at radius 1 is 1.67 bits per heavy atom. The summed E-state index contributed by atoms with van der Waals surface area (Å²) in [6.45, 7) is 1.78. The molecule has 15 heavy (non-hydrogen) atoms. The molecular weight excluding hydrogens is 192 g/mol. The lowest BCUT2D eigenvalue weighted by atomic mass is 10.2. The van der Waals surface area contributed by atoms with Gasteiger partial charge in [-0.05, 0) is 25.1 Å². The number of anilines is 1. The van der Waals surface area contributed by atoms with E-state index >= 15 is 0 Å². The number of hydrogen-bond donors (Lipinski definition) is 2. The van der Waals surface area contributed by atoms with Gasteiger partial charge in [-0.1, -0.05) is 6.07 Å². The molecule has 1 unspecified atom stereocenters. The summed E-state index contributed by atoms with van der Waals surface area (Å²) in [6.07, 6.45) is 0.0524. The van der Waals surface area contributed by atoms with Crippen LogP contribution < -0.4 is 5.32 Å². The monoisotopic (exact) mass is 204 g/mol. The second kappa shape index (κ2) is 5.01. The van der Waals surface area contributed by atoms with Crippen LogP contribution in [0.4, 0.5) is 5.69 Å².